The first kappa shape index (κ1) is 15.9. The molecule has 0 amide bonds. The first-order chi connectivity index (χ1) is 7.28. The SMILES string of the molecule is CCNC(CC)C(C)S(=O)(=O)C(C)C(C)C. The number of nitrogens with one attached hydrogen (secondary N) is 1. The minimum Gasteiger partial charge on any atom is -0.313 e. The lowest BCUT2D eigenvalue weighted by molar-refractivity contribution is 0.469. The highest BCUT2D eigenvalue weighted by Crippen LogP contribution is 2.20. The van der Waals surface area contributed by atoms with Crippen LogP contribution >= 0.6 is 0 Å². The summed E-state index contributed by atoms with van der Waals surface area (Å²) in [5.74, 6) is 0.173. The monoisotopic (exact) mass is 249 g/mol. The van der Waals surface area contributed by atoms with Crippen LogP contribution in [0.25, 0.3) is 0 Å². The molecule has 0 fully saturated rings. The van der Waals surface area contributed by atoms with Crippen molar-refractivity contribution in [1.29, 1.82) is 0 Å². The Kier molecular flexibility index (Phi) is 6.56. The zero-order chi connectivity index (χ0) is 12.9. The Hall–Kier alpha value is -0.0900. The van der Waals surface area contributed by atoms with Crippen molar-refractivity contribution in [2.45, 2.75) is 64.5 Å². The lowest BCUT2D eigenvalue weighted by Crippen LogP contribution is -2.45. The van der Waals surface area contributed by atoms with Gasteiger partial charge in [-0.25, -0.2) is 8.42 Å². The van der Waals surface area contributed by atoms with E-state index < -0.39 is 9.84 Å². The normalized spacial score (nSPS) is 18.4. The third-order valence-electron chi connectivity index (χ3n) is 3.45. The summed E-state index contributed by atoms with van der Waals surface area (Å²) in [5.41, 5.74) is 0. The average molecular weight is 249 g/mol. The highest BCUT2D eigenvalue weighted by molar-refractivity contribution is 7.92. The molecule has 0 rings (SSSR count). The number of sulfone groups is 1. The molecule has 0 heterocycles. The van der Waals surface area contributed by atoms with Crippen molar-refractivity contribution in [3.05, 3.63) is 0 Å². The van der Waals surface area contributed by atoms with Gasteiger partial charge in [-0.3, -0.25) is 0 Å². The van der Waals surface area contributed by atoms with E-state index in [0.29, 0.717) is 0 Å². The predicted octanol–water partition coefficient (Wildman–Crippen LogP) is 2.22. The molecule has 0 aromatic carbocycles. The fraction of sp³-hybridized carbons (Fsp3) is 1.00. The Labute approximate surface area is 101 Å². The topological polar surface area (TPSA) is 46.2 Å². The lowest BCUT2D eigenvalue weighted by atomic mass is 10.1. The van der Waals surface area contributed by atoms with E-state index in [1.165, 1.54) is 0 Å². The van der Waals surface area contributed by atoms with Gasteiger partial charge in [0.2, 0.25) is 0 Å². The minimum atomic E-state index is -3.03. The molecule has 3 nitrogen and oxygen atoms in total. The minimum absolute atomic E-state index is 0.0659. The first-order valence-electron chi connectivity index (χ1n) is 6.25. The highest BCUT2D eigenvalue weighted by Gasteiger charge is 2.33. The molecule has 1 N–H and O–H groups in total. The number of rotatable bonds is 7. The van der Waals surface area contributed by atoms with Gasteiger partial charge in [0, 0.05) is 6.04 Å². The molecule has 0 radical (unpaired) electrons. The smallest absolute Gasteiger partial charge is 0.157 e. The molecular weight excluding hydrogens is 222 g/mol. The van der Waals surface area contributed by atoms with Crippen LogP contribution in [0.1, 0.15) is 48.0 Å². The summed E-state index contributed by atoms with van der Waals surface area (Å²) in [7, 11) is -3.03. The van der Waals surface area contributed by atoms with E-state index in [1.54, 1.807) is 0 Å². The van der Waals surface area contributed by atoms with Crippen LogP contribution in [0.3, 0.4) is 0 Å². The molecule has 0 aliphatic rings. The predicted molar refractivity (Wildman–Crippen MR) is 70.4 cm³/mol. The molecule has 0 spiro atoms. The molecule has 98 valence electrons. The van der Waals surface area contributed by atoms with E-state index in [1.807, 2.05) is 41.5 Å². The van der Waals surface area contributed by atoms with Gasteiger partial charge in [0.25, 0.3) is 0 Å². The van der Waals surface area contributed by atoms with E-state index in [4.69, 9.17) is 0 Å². The van der Waals surface area contributed by atoms with Crippen molar-refractivity contribution in [2.24, 2.45) is 5.92 Å². The summed E-state index contributed by atoms with van der Waals surface area (Å²) in [6, 6.07) is 0.0659. The van der Waals surface area contributed by atoms with E-state index >= 15 is 0 Å². The maximum Gasteiger partial charge on any atom is 0.157 e. The second kappa shape index (κ2) is 6.60. The molecule has 3 unspecified atom stereocenters. The second-order valence-electron chi connectivity index (χ2n) is 4.82. The summed E-state index contributed by atoms with van der Waals surface area (Å²) in [6.45, 7) is 12.4. The van der Waals surface area contributed by atoms with Crippen LogP contribution in [0.2, 0.25) is 0 Å². The molecular formula is C12H27NO2S. The zero-order valence-corrected chi connectivity index (χ0v) is 12.3. The zero-order valence-electron chi connectivity index (χ0n) is 11.4. The largest absolute Gasteiger partial charge is 0.313 e. The van der Waals surface area contributed by atoms with Gasteiger partial charge in [0.05, 0.1) is 10.5 Å². The fourth-order valence-electron chi connectivity index (χ4n) is 1.85. The standard InChI is InChI=1S/C12H27NO2S/c1-7-12(13-8-2)11(6)16(14,15)10(5)9(3)4/h9-13H,7-8H2,1-6H3. The quantitative estimate of drug-likeness (QED) is 0.752. The molecule has 0 aromatic heterocycles. The van der Waals surface area contributed by atoms with Crippen molar-refractivity contribution < 1.29 is 8.42 Å². The summed E-state index contributed by atoms with van der Waals surface area (Å²) in [6.07, 6.45) is 0.846. The Morgan fingerprint density at radius 3 is 1.81 bits per heavy atom. The molecule has 0 bridgehead atoms. The summed E-state index contributed by atoms with van der Waals surface area (Å²) < 4.78 is 24.6. The molecule has 0 aromatic rings. The van der Waals surface area contributed by atoms with Crippen LogP contribution in [0.5, 0.6) is 0 Å². The third-order valence-corrected chi connectivity index (χ3v) is 6.39. The van der Waals surface area contributed by atoms with E-state index in [0.717, 1.165) is 13.0 Å². The Morgan fingerprint density at radius 1 is 1.00 bits per heavy atom. The Bertz CT molecular complexity index is 285. The molecule has 0 aliphatic carbocycles. The Balaban J connectivity index is 4.86. The van der Waals surface area contributed by atoms with Gasteiger partial charge in [-0.1, -0.05) is 27.7 Å². The first-order valence-corrected chi connectivity index (χ1v) is 7.85. The van der Waals surface area contributed by atoms with Gasteiger partial charge in [0.15, 0.2) is 9.84 Å². The molecule has 0 saturated heterocycles. The van der Waals surface area contributed by atoms with Gasteiger partial charge in [-0.05, 0) is 32.7 Å². The van der Waals surface area contributed by atoms with Crippen LogP contribution in [0.4, 0.5) is 0 Å². The van der Waals surface area contributed by atoms with Crippen LogP contribution in [0.15, 0.2) is 0 Å². The van der Waals surface area contributed by atoms with Crippen molar-refractivity contribution in [1.82, 2.24) is 5.32 Å². The summed E-state index contributed by atoms with van der Waals surface area (Å²) in [4.78, 5) is 0. The van der Waals surface area contributed by atoms with Crippen molar-refractivity contribution in [3.8, 4) is 0 Å². The van der Waals surface area contributed by atoms with Gasteiger partial charge in [0.1, 0.15) is 0 Å². The van der Waals surface area contributed by atoms with Crippen LogP contribution < -0.4 is 5.32 Å². The molecule has 0 saturated carbocycles. The third kappa shape index (κ3) is 3.74. The van der Waals surface area contributed by atoms with E-state index in [-0.39, 0.29) is 22.5 Å². The van der Waals surface area contributed by atoms with Crippen molar-refractivity contribution in [3.63, 3.8) is 0 Å². The molecule has 0 aliphatic heterocycles. The van der Waals surface area contributed by atoms with Crippen LogP contribution in [-0.2, 0) is 9.84 Å². The van der Waals surface area contributed by atoms with Crippen LogP contribution in [-0.4, -0.2) is 31.5 Å². The summed E-state index contributed by atoms with van der Waals surface area (Å²) >= 11 is 0. The highest BCUT2D eigenvalue weighted by atomic mass is 32.2. The van der Waals surface area contributed by atoms with Gasteiger partial charge in [-0.15, -0.1) is 0 Å². The van der Waals surface area contributed by atoms with Gasteiger partial charge >= 0.3 is 0 Å². The molecule has 4 heteroatoms. The fourth-order valence-corrected chi connectivity index (χ4v) is 4.03. The van der Waals surface area contributed by atoms with Gasteiger partial charge < -0.3 is 5.32 Å². The van der Waals surface area contributed by atoms with Crippen molar-refractivity contribution in [2.75, 3.05) is 6.54 Å². The summed E-state index contributed by atoms with van der Waals surface area (Å²) in [5, 5.41) is 2.67. The molecule has 3 atom stereocenters. The second-order valence-corrected chi connectivity index (χ2v) is 7.48. The van der Waals surface area contributed by atoms with E-state index in [2.05, 4.69) is 5.32 Å². The number of hydrogen-bond donors (Lipinski definition) is 1. The van der Waals surface area contributed by atoms with Crippen molar-refractivity contribution >= 4 is 9.84 Å². The van der Waals surface area contributed by atoms with Crippen LogP contribution in [0, 0.1) is 5.92 Å². The Morgan fingerprint density at radius 2 is 1.50 bits per heavy atom. The van der Waals surface area contributed by atoms with Gasteiger partial charge in [-0.2, -0.15) is 0 Å². The van der Waals surface area contributed by atoms with E-state index in [9.17, 15) is 8.42 Å². The molecule has 16 heavy (non-hydrogen) atoms. The lowest BCUT2D eigenvalue weighted by Gasteiger charge is -2.28. The maximum absolute atomic E-state index is 12.3. The number of hydrogen-bond acceptors (Lipinski definition) is 3. The maximum atomic E-state index is 12.3. The average Bonchev–Trinajstić information content (AvgIpc) is 2.23.